The van der Waals surface area contributed by atoms with Crippen LogP contribution in [0.15, 0.2) is 76.0 Å². The van der Waals surface area contributed by atoms with Crippen molar-refractivity contribution in [2.24, 2.45) is 0 Å². The van der Waals surface area contributed by atoms with Gasteiger partial charge in [-0.3, -0.25) is 14.6 Å². The molecule has 4 heterocycles. The second-order valence-electron chi connectivity index (χ2n) is 9.23. The molecule has 1 atom stereocenters. The Kier molecular flexibility index (Phi) is 7.16. The minimum Gasteiger partial charge on any atom is -0.334 e. The first-order valence-electron chi connectivity index (χ1n) is 12.6. The molecule has 5 aromatic rings. The lowest BCUT2D eigenvalue weighted by Gasteiger charge is -2.27. The number of aromatic nitrogens is 4. The number of carbonyl (C=O) groups is 2. The number of benzene rings is 2. The molecule has 0 saturated carbocycles. The molecule has 1 unspecified atom stereocenters. The predicted octanol–water partition coefficient (Wildman–Crippen LogP) is 6.25. The van der Waals surface area contributed by atoms with Crippen LogP contribution in [0.5, 0.6) is 0 Å². The van der Waals surface area contributed by atoms with Gasteiger partial charge in [0.2, 0.25) is 0 Å². The Morgan fingerprint density at radius 2 is 1.87 bits per heavy atom. The van der Waals surface area contributed by atoms with Gasteiger partial charge in [0.1, 0.15) is 5.01 Å². The normalized spacial score (nSPS) is 15.7. The lowest BCUT2D eigenvalue weighted by atomic mass is 10.1. The Balaban J connectivity index is 1.21. The monoisotopic (exact) mass is 602 g/mol. The van der Waals surface area contributed by atoms with Crippen LogP contribution >= 0.6 is 27.3 Å². The van der Waals surface area contributed by atoms with Crippen molar-refractivity contribution in [3.8, 4) is 22.0 Å². The number of rotatable bonds is 4. The van der Waals surface area contributed by atoms with Gasteiger partial charge < -0.3 is 14.7 Å². The number of nitrogens with zero attached hydrogens (tertiary/aromatic N) is 5. The molecule has 196 valence electrons. The van der Waals surface area contributed by atoms with Crippen LogP contribution in [0.1, 0.15) is 37.5 Å². The lowest BCUT2D eigenvalue weighted by molar-refractivity contribution is -0.145. The zero-order valence-corrected chi connectivity index (χ0v) is 23.1. The Hall–Kier alpha value is -3.96. The highest BCUT2D eigenvalue weighted by atomic mass is 79.9. The summed E-state index contributed by atoms with van der Waals surface area (Å²) in [6.45, 7) is 0.436. The fraction of sp³-hybridized carbons (Fsp3) is 0.214. The van der Waals surface area contributed by atoms with E-state index in [1.807, 2.05) is 48.5 Å². The highest BCUT2D eigenvalue weighted by Gasteiger charge is 2.34. The molecule has 39 heavy (non-hydrogen) atoms. The van der Waals surface area contributed by atoms with Gasteiger partial charge in [0.25, 0.3) is 5.89 Å². The van der Waals surface area contributed by atoms with E-state index in [-0.39, 0.29) is 0 Å². The number of fused-ring (bicyclic) bond motifs is 1. The Bertz CT molecular complexity index is 1650. The summed E-state index contributed by atoms with van der Waals surface area (Å²) < 4.78 is 7.49. The van der Waals surface area contributed by atoms with Gasteiger partial charge in [-0.1, -0.05) is 52.1 Å². The number of pyridine rings is 1. The first-order chi connectivity index (χ1) is 19.0. The number of likely N-dealkylation sites (tertiary alicyclic amines) is 1. The summed E-state index contributed by atoms with van der Waals surface area (Å²) in [5.41, 5.74) is 2.85. The first-order valence-corrected chi connectivity index (χ1v) is 14.2. The molecule has 1 aliphatic rings. The summed E-state index contributed by atoms with van der Waals surface area (Å²) in [6.07, 6.45) is 6.51. The summed E-state index contributed by atoms with van der Waals surface area (Å²) >= 11 is 5.01. The molecule has 2 aromatic carbocycles. The van der Waals surface area contributed by atoms with Crippen molar-refractivity contribution in [1.29, 1.82) is 0 Å². The van der Waals surface area contributed by atoms with Crippen LogP contribution < -0.4 is 5.32 Å². The summed E-state index contributed by atoms with van der Waals surface area (Å²) in [5, 5.41) is 7.67. The molecular weight excluding hydrogens is 580 g/mol. The molecule has 1 N–H and O–H groups in total. The van der Waals surface area contributed by atoms with E-state index in [1.54, 1.807) is 17.2 Å². The topological polar surface area (TPSA) is 114 Å². The maximum absolute atomic E-state index is 13.4. The molecule has 2 amide bonds. The molecule has 3 aromatic heterocycles. The molecule has 11 heteroatoms. The van der Waals surface area contributed by atoms with Gasteiger partial charge in [-0.05, 0) is 49.2 Å². The number of thiazole rings is 1. The van der Waals surface area contributed by atoms with Crippen molar-refractivity contribution in [3.63, 3.8) is 0 Å². The maximum atomic E-state index is 13.4. The maximum Gasteiger partial charge on any atom is 0.313 e. The Labute approximate surface area is 236 Å². The van der Waals surface area contributed by atoms with Crippen LogP contribution in [0.2, 0.25) is 0 Å². The standard InChI is InChI=1S/C28H23BrN6O3S/c29-19-10-11-23-21(14-19)32-27(39-23)18-13-20(16-30-15-18)31-25(36)28(37)35-12-6-2-5-9-22(35)24-33-26(38-34-24)17-7-3-1-4-8-17/h1,3-4,7-8,10-11,13-16,22H,2,5-6,9,12H2,(H,31,36). The fourth-order valence-corrected chi connectivity index (χ4v) is 5.93. The Morgan fingerprint density at radius 1 is 1.00 bits per heavy atom. The number of carbonyl (C=O) groups excluding carboxylic acids is 2. The third-order valence-corrected chi connectivity index (χ3v) is 8.14. The van der Waals surface area contributed by atoms with Gasteiger partial charge in [0.05, 0.1) is 28.1 Å². The highest BCUT2D eigenvalue weighted by molar-refractivity contribution is 9.10. The molecule has 6 rings (SSSR count). The van der Waals surface area contributed by atoms with Crippen LogP contribution in [-0.2, 0) is 9.59 Å². The summed E-state index contributed by atoms with van der Waals surface area (Å²) in [4.78, 5) is 41.6. The minimum atomic E-state index is -0.735. The summed E-state index contributed by atoms with van der Waals surface area (Å²) in [6, 6.07) is 16.7. The minimum absolute atomic E-state index is 0.386. The van der Waals surface area contributed by atoms with Gasteiger partial charge in [0.15, 0.2) is 5.82 Å². The second kappa shape index (κ2) is 11.0. The molecular formula is C28H23BrN6O3S. The summed E-state index contributed by atoms with van der Waals surface area (Å²) in [5.74, 6) is -0.580. The van der Waals surface area contributed by atoms with Crippen molar-refractivity contribution in [3.05, 3.63) is 77.3 Å². The number of nitrogens with one attached hydrogen (secondary N) is 1. The van der Waals surface area contributed by atoms with Crippen molar-refractivity contribution < 1.29 is 14.1 Å². The molecule has 1 aliphatic heterocycles. The molecule has 1 saturated heterocycles. The van der Waals surface area contributed by atoms with Crippen LogP contribution in [0.25, 0.3) is 32.2 Å². The second-order valence-corrected chi connectivity index (χ2v) is 11.2. The van der Waals surface area contributed by atoms with Gasteiger partial charge >= 0.3 is 11.8 Å². The van der Waals surface area contributed by atoms with Gasteiger partial charge in [-0.25, -0.2) is 4.98 Å². The van der Waals surface area contributed by atoms with Crippen LogP contribution in [0, 0.1) is 0 Å². The number of halogens is 1. The van der Waals surface area contributed by atoms with Gasteiger partial charge in [-0.2, -0.15) is 4.98 Å². The molecule has 0 spiro atoms. The average molecular weight is 604 g/mol. The fourth-order valence-electron chi connectivity index (χ4n) is 4.65. The molecule has 1 fully saturated rings. The van der Waals surface area contributed by atoms with E-state index in [0.29, 0.717) is 30.4 Å². The largest absolute Gasteiger partial charge is 0.334 e. The SMILES string of the molecule is O=C(Nc1cncc(-c2nc3cc(Br)ccc3s2)c1)C(=O)N1CCCCCC1c1noc(-c2ccccc2)n1. The van der Waals surface area contributed by atoms with Crippen LogP contribution in [0.3, 0.4) is 0 Å². The highest BCUT2D eigenvalue weighted by Crippen LogP contribution is 2.33. The number of hydrogen-bond acceptors (Lipinski definition) is 8. The van der Waals surface area contributed by atoms with E-state index in [0.717, 1.165) is 50.1 Å². The third kappa shape index (κ3) is 5.45. The van der Waals surface area contributed by atoms with E-state index in [2.05, 4.69) is 41.4 Å². The molecule has 0 radical (unpaired) electrons. The van der Waals surface area contributed by atoms with E-state index >= 15 is 0 Å². The van der Waals surface area contributed by atoms with Crippen molar-refractivity contribution in [2.45, 2.75) is 31.7 Å². The van der Waals surface area contributed by atoms with Crippen LogP contribution in [-0.4, -0.2) is 43.4 Å². The number of anilines is 1. The third-order valence-electron chi connectivity index (χ3n) is 6.56. The van der Waals surface area contributed by atoms with Crippen molar-refractivity contribution in [1.82, 2.24) is 25.0 Å². The van der Waals surface area contributed by atoms with Crippen molar-refractivity contribution >= 4 is 55.0 Å². The number of amides is 2. The number of hydrogen-bond donors (Lipinski definition) is 1. The quantitative estimate of drug-likeness (QED) is 0.242. The zero-order valence-electron chi connectivity index (χ0n) is 20.7. The molecule has 9 nitrogen and oxygen atoms in total. The van der Waals surface area contributed by atoms with E-state index in [4.69, 9.17) is 4.52 Å². The predicted molar refractivity (Wildman–Crippen MR) is 152 cm³/mol. The van der Waals surface area contributed by atoms with Crippen molar-refractivity contribution in [2.75, 3.05) is 11.9 Å². The summed E-state index contributed by atoms with van der Waals surface area (Å²) in [7, 11) is 0. The zero-order chi connectivity index (χ0) is 26.8. The van der Waals surface area contributed by atoms with Gasteiger partial charge in [-0.15, -0.1) is 11.3 Å². The van der Waals surface area contributed by atoms with E-state index in [9.17, 15) is 9.59 Å². The smallest absolute Gasteiger partial charge is 0.313 e. The lowest BCUT2D eigenvalue weighted by Crippen LogP contribution is -2.42. The van der Waals surface area contributed by atoms with E-state index < -0.39 is 17.9 Å². The van der Waals surface area contributed by atoms with Crippen LogP contribution in [0.4, 0.5) is 5.69 Å². The average Bonchev–Trinajstić information content (AvgIpc) is 3.54. The first kappa shape index (κ1) is 25.3. The van der Waals surface area contributed by atoms with Gasteiger partial charge in [0, 0.05) is 28.3 Å². The van der Waals surface area contributed by atoms with E-state index in [1.165, 1.54) is 17.5 Å². The molecule has 0 bridgehead atoms. The Morgan fingerprint density at radius 3 is 2.74 bits per heavy atom. The molecule has 0 aliphatic carbocycles.